The number of amides is 1. The van der Waals surface area contributed by atoms with E-state index < -0.39 is 12.0 Å². The summed E-state index contributed by atoms with van der Waals surface area (Å²) in [7, 11) is 1.32. The summed E-state index contributed by atoms with van der Waals surface area (Å²) in [6.45, 7) is 0. The third kappa shape index (κ3) is 3.77. The van der Waals surface area contributed by atoms with Crippen LogP contribution in [0.3, 0.4) is 0 Å². The molecular weight excluding hydrogens is 318 g/mol. The highest BCUT2D eigenvalue weighted by Crippen LogP contribution is 2.23. The normalized spacial score (nSPS) is 11.6. The Morgan fingerprint density at radius 2 is 1.60 bits per heavy atom. The van der Waals surface area contributed by atoms with Gasteiger partial charge in [0, 0.05) is 5.56 Å². The molecule has 1 atom stereocenters. The quantitative estimate of drug-likeness (QED) is 0.724. The van der Waals surface area contributed by atoms with E-state index in [-0.39, 0.29) is 5.91 Å². The Bertz CT molecular complexity index is 839. The number of ether oxygens (including phenoxy) is 1. The van der Waals surface area contributed by atoms with E-state index in [1.165, 1.54) is 7.11 Å². The smallest absolute Gasteiger partial charge is 0.337 e. The van der Waals surface area contributed by atoms with Crippen LogP contribution in [0, 0.1) is 0 Å². The van der Waals surface area contributed by atoms with E-state index in [1.807, 2.05) is 36.4 Å². The lowest BCUT2D eigenvalue weighted by Crippen LogP contribution is -2.29. The molecule has 0 saturated carbocycles. The second kappa shape index (κ2) is 7.49. The lowest BCUT2D eigenvalue weighted by atomic mass is 10.0. The van der Waals surface area contributed by atoms with Gasteiger partial charge in [-0.25, -0.2) is 4.79 Å². The number of hydrogen-bond acceptors (Lipinski definition) is 4. The molecule has 1 unspecified atom stereocenters. The number of carbonyl (C=O) groups is 2. The number of hydrogen-bond donors (Lipinski definition) is 1. The van der Waals surface area contributed by atoms with Gasteiger partial charge in [-0.15, -0.1) is 0 Å². The third-order valence-corrected chi connectivity index (χ3v) is 3.80. The maximum atomic E-state index is 12.6. The van der Waals surface area contributed by atoms with Crippen LogP contribution in [0.15, 0.2) is 77.4 Å². The van der Waals surface area contributed by atoms with Gasteiger partial charge in [-0.1, -0.05) is 30.3 Å². The summed E-state index contributed by atoms with van der Waals surface area (Å²) >= 11 is 0. The van der Waals surface area contributed by atoms with Gasteiger partial charge in [0.2, 0.25) is 0 Å². The first-order valence-corrected chi connectivity index (χ1v) is 7.76. The summed E-state index contributed by atoms with van der Waals surface area (Å²) in [6.07, 6.45) is 1.57. The lowest BCUT2D eigenvalue weighted by molar-refractivity contribution is 0.0600. The molecule has 3 rings (SSSR count). The minimum atomic E-state index is -0.440. The fourth-order valence-corrected chi connectivity index (χ4v) is 2.51. The van der Waals surface area contributed by atoms with Gasteiger partial charge in [0.05, 0.1) is 18.9 Å². The summed E-state index contributed by atoms with van der Waals surface area (Å²) in [5.41, 5.74) is 1.75. The summed E-state index contributed by atoms with van der Waals surface area (Å²) < 4.78 is 10.1. The Labute approximate surface area is 145 Å². The van der Waals surface area contributed by atoms with Gasteiger partial charge < -0.3 is 14.5 Å². The van der Waals surface area contributed by atoms with Gasteiger partial charge in [-0.3, -0.25) is 4.79 Å². The number of rotatable bonds is 5. The molecule has 0 bridgehead atoms. The van der Waals surface area contributed by atoms with E-state index in [9.17, 15) is 9.59 Å². The van der Waals surface area contributed by atoms with Crippen molar-refractivity contribution < 1.29 is 18.7 Å². The second-order valence-corrected chi connectivity index (χ2v) is 5.40. The van der Waals surface area contributed by atoms with Crippen molar-refractivity contribution in [1.82, 2.24) is 5.32 Å². The molecule has 2 aromatic carbocycles. The minimum Gasteiger partial charge on any atom is -0.467 e. The third-order valence-electron chi connectivity index (χ3n) is 3.80. The van der Waals surface area contributed by atoms with Crippen LogP contribution in [0.1, 0.15) is 38.1 Å². The van der Waals surface area contributed by atoms with Crippen molar-refractivity contribution in [3.63, 3.8) is 0 Å². The van der Waals surface area contributed by atoms with Crippen LogP contribution >= 0.6 is 0 Å². The van der Waals surface area contributed by atoms with E-state index in [0.717, 1.165) is 5.56 Å². The number of esters is 1. The van der Waals surface area contributed by atoms with E-state index in [0.29, 0.717) is 16.9 Å². The summed E-state index contributed by atoms with van der Waals surface area (Å²) in [6, 6.07) is 19.1. The van der Waals surface area contributed by atoms with Crippen LogP contribution in [-0.4, -0.2) is 19.0 Å². The van der Waals surface area contributed by atoms with Crippen molar-refractivity contribution in [2.45, 2.75) is 6.04 Å². The number of benzene rings is 2. The highest BCUT2D eigenvalue weighted by Gasteiger charge is 2.20. The van der Waals surface area contributed by atoms with Crippen LogP contribution in [0.5, 0.6) is 0 Å². The molecule has 0 saturated heterocycles. The van der Waals surface area contributed by atoms with Crippen molar-refractivity contribution in [2.75, 3.05) is 7.11 Å². The Morgan fingerprint density at radius 3 is 2.20 bits per heavy atom. The number of methoxy groups -OCH3 is 1. The topological polar surface area (TPSA) is 68.5 Å². The largest absolute Gasteiger partial charge is 0.467 e. The van der Waals surface area contributed by atoms with Gasteiger partial charge in [0.15, 0.2) is 0 Å². The molecule has 126 valence electrons. The van der Waals surface area contributed by atoms with Crippen LogP contribution in [0.25, 0.3) is 0 Å². The zero-order chi connectivity index (χ0) is 17.6. The number of nitrogens with one attached hydrogen (secondary N) is 1. The van der Waals surface area contributed by atoms with Crippen molar-refractivity contribution >= 4 is 11.9 Å². The van der Waals surface area contributed by atoms with Crippen molar-refractivity contribution in [1.29, 1.82) is 0 Å². The average molecular weight is 335 g/mol. The summed E-state index contributed by atoms with van der Waals surface area (Å²) in [5, 5.41) is 2.97. The predicted octanol–water partition coefficient (Wildman–Crippen LogP) is 3.59. The average Bonchev–Trinajstić information content (AvgIpc) is 3.20. The molecule has 0 aliphatic heterocycles. The minimum absolute atomic E-state index is 0.262. The van der Waals surface area contributed by atoms with Gasteiger partial charge in [0.25, 0.3) is 5.91 Å². The fourth-order valence-electron chi connectivity index (χ4n) is 2.51. The van der Waals surface area contributed by atoms with E-state index >= 15 is 0 Å². The molecule has 3 aromatic rings. The van der Waals surface area contributed by atoms with Crippen LogP contribution in [0.4, 0.5) is 0 Å². The Kier molecular flexibility index (Phi) is 4.95. The second-order valence-electron chi connectivity index (χ2n) is 5.40. The van der Waals surface area contributed by atoms with Gasteiger partial charge >= 0.3 is 5.97 Å². The maximum Gasteiger partial charge on any atom is 0.337 e. The van der Waals surface area contributed by atoms with Crippen LogP contribution in [-0.2, 0) is 4.74 Å². The van der Waals surface area contributed by atoms with Crippen LogP contribution < -0.4 is 5.32 Å². The number of carbonyl (C=O) groups excluding carboxylic acids is 2. The van der Waals surface area contributed by atoms with Gasteiger partial charge in [0.1, 0.15) is 11.8 Å². The first-order valence-electron chi connectivity index (χ1n) is 7.76. The summed E-state index contributed by atoms with van der Waals surface area (Å²) in [5.74, 6) is -0.0582. The molecule has 1 aromatic heterocycles. The first-order chi connectivity index (χ1) is 12.2. The van der Waals surface area contributed by atoms with Crippen molar-refractivity contribution in [3.05, 3.63) is 95.4 Å². The van der Waals surface area contributed by atoms with E-state index in [1.54, 1.807) is 36.6 Å². The monoisotopic (exact) mass is 335 g/mol. The molecule has 0 radical (unpaired) electrons. The molecular formula is C20H17NO4. The highest BCUT2D eigenvalue weighted by molar-refractivity contribution is 5.96. The molecule has 1 N–H and O–H groups in total. The van der Waals surface area contributed by atoms with Gasteiger partial charge in [-0.2, -0.15) is 0 Å². The van der Waals surface area contributed by atoms with E-state index in [4.69, 9.17) is 4.42 Å². The maximum absolute atomic E-state index is 12.6. The zero-order valence-electron chi connectivity index (χ0n) is 13.6. The molecule has 5 nitrogen and oxygen atoms in total. The van der Waals surface area contributed by atoms with Crippen molar-refractivity contribution in [3.8, 4) is 0 Å². The zero-order valence-corrected chi connectivity index (χ0v) is 13.6. The Hall–Kier alpha value is -3.34. The molecule has 0 aliphatic rings. The molecule has 5 heteroatoms. The molecule has 1 amide bonds. The Balaban J connectivity index is 1.82. The molecule has 0 fully saturated rings. The van der Waals surface area contributed by atoms with Crippen molar-refractivity contribution in [2.24, 2.45) is 0 Å². The van der Waals surface area contributed by atoms with Crippen LogP contribution in [0.2, 0.25) is 0 Å². The fraction of sp³-hybridized carbons (Fsp3) is 0.100. The molecule has 25 heavy (non-hydrogen) atoms. The SMILES string of the molecule is COC(=O)c1ccc(C(=O)NC(c2ccccc2)c2ccco2)cc1. The molecule has 1 heterocycles. The van der Waals surface area contributed by atoms with E-state index in [2.05, 4.69) is 10.1 Å². The molecule has 0 aliphatic carbocycles. The van der Waals surface area contributed by atoms with Gasteiger partial charge in [-0.05, 0) is 42.0 Å². The predicted molar refractivity (Wildman–Crippen MR) is 92.2 cm³/mol. The highest BCUT2D eigenvalue weighted by atomic mass is 16.5. The lowest BCUT2D eigenvalue weighted by Gasteiger charge is -2.17. The standard InChI is InChI=1S/C20H17NO4/c1-24-20(23)16-11-9-15(10-12-16)19(22)21-18(17-8-5-13-25-17)14-6-3-2-4-7-14/h2-13,18H,1H3,(H,21,22). The summed E-state index contributed by atoms with van der Waals surface area (Å²) in [4.78, 5) is 24.1. The first kappa shape index (κ1) is 16.5. The molecule has 0 spiro atoms. The number of furan rings is 1. The Morgan fingerprint density at radius 1 is 0.920 bits per heavy atom.